The first-order valence-corrected chi connectivity index (χ1v) is 9.46. The smallest absolute Gasteiger partial charge is 0.383 e. The number of benzene rings is 1. The van der Waals surface area contributed by atoms with Crippen molar-refractivity contribution < 1.29 is 26.1 Å². The first-order valence-electron chi connectivity index (χ1n) is 7.56. The number of hydrogen-bond donors (Lipinski definition) is 2. The maximum atomic E-state index is 12.6. The van der Waals surface area contributed by atoms with Gasteiger partial charge in [-0.2, -0.15) is 23.1 Å². The van der Waals surface area contributed by atoms with Crippen LogP contribution in [0.25, 0.3) is 11.5 Å². The van der Waals surface area contributed by atoms with Gasteiger partial charge in [0.2, 0.25) is 5.95 Å². The van der Waals surface area contributed by atoms with Crippen LogP contribution in [0.15, 0.2) is 33.8 Å². The van der Waals surface area contributed by atoms with Gasteiger partial charge in [0.05, 0.1) is 4.90 Å². The summed E-state index contributed by atoms with van der Waals surface area (Å²) in [5, 5.41) is 5.67. The predicted molar refractivity (Wildman–Crippen MR) is 92.3 cm³/mol. The second kappa shape index (κ2) is 6.74. The zero-order valence-corrected chi connectivity index (χ0v) is 15.3. The average Bonchev–Trinajstić information content (AvgIpc) is 3.03. The Morgan fingerprint density at radius 1 is 1.21 bits per heavy atom. The lowest BCUT2D eigenvalue weighted by molar-refractivity contribution is -0.146. The normalized spacial score (nSPS) is 12.2. The van der Waals surface area contributed by atoms with E-state index in [0.717, 1.165) is 12.5 Å². The van der Waals surface area contributed by atoms with Gasteiger partial charge in [-0.3, -0.25) is 0 Å². The van der Waals surface area contributed by atoms with Crippen molar-refractivity contribution in [3.8, 4) is 11.5 Å². The first kappa shape index (κ1) is 19.5. The van der Waals surface area contributed by atoms with Crippen molar-refractivity contribution in [1.82, 2.24) is 20.1 Å². The molecule has 0 saturated carbocycles. The monoisotopic (exact) mass is 414 g/mol. The van der Waals surface area contributed by atoms with Gasteiger partial charge < -0.3 is 15.6 Å². The molecule has 3 rings (SSSR count). The fraction of sp³-hybridized carbons (Fsp3) is 0.200. The maximum Gasteiger partial charge on any atom is 0.455 e. The van der Waals surface area contributed by atoms with E-state index in [-0.39, 0.29) is 22.2 Å². The molecule has 28 heavy (non-hydrogen) atoms. The molecule has 0 atom stereocenters. The summed E-state index contributed by atoms with van der Waals surface area (Å²) < 4.78 is 65.6. The molecule has 3 N–H and O–H groups in total. The molecule has 0 aliphatic heterocycles. The highest BCUT2D eigenvalue weighted by Crippen LogP contribution is 2.30. The highest BCUT2D eigenvalue weighted by molar-refractivity contribution is 7.90. The van der Waals surface area contributed by atoms with Gasteiger partial charge in [0.1, 0.15) is 11.4 Å². The van der Waals surface area contributed by atoms with Crippen LogP contribution in [0.2, 0.25) is 0 Å². The van der Waals surface area contributed by atoms with Crippen LogP contribution in [0.1, 0.15) is 11.4 Å². The molecule has 148 valence electrons. The van der Waals surface area contributed by atoms with Crippen LogP contribution in [0.3, 0.4) is 0 Å². The van der Waals surface area contributed by atoms with Crippen molar-refractivity contribution in [2.75, 3.05) is 17.3 Å². The standard InChI is InChI=1S/C15H13F3N6O3S/c1-7-5-8(3-4-10(7)28(2,25)26)21-14-20-6-9(11(19)22-14)12-23-13(24-27-12)15(16,17)18/h3-6H,1-2H3,(H3,19,20,21,22). The lowest BCUT2D eigenvalue weighted by Crippen LogP contribution is -2.07. The molecule has 9 nitrogen and oxygen atoms in total. The van der Waals surface area contributed by atoms with E-state index in [1.807, 2.05) is 0 Å². The largest absolute Gasteiger partial charge is 0.455 e. The SMILES string of the molecule is Cc1cc(Nc2ncc(-c3nc(C(F)(F)F)no3)c(N)n2)ccc1S(C)(=O)=O. The van der Waals surface area contributed by atoms with E-state index in [9.17, 15) is 21.6 Å². The lowest BCUT2D eigenvalue weighted by Gasteiger charge is -2.09. The van der Waals surface area contributed by atoms with Gasteiger partial charge in [-0.05, 0) is 30.7 Å². The minimum absolute atomic E-state index is 0.0447. The number of rotatable bonds is 4. The Kier molecular flexibility index (Phi) is 4.71. The zero-order chi connectivity index (χ0) is 20.7. The minimum atomic E-state index is -4.76. The summed E-state index contributed by atoms with van der Waals surface area (Å²) in [7, 11) is -3.36. The fourth-order valence-electron chi connectivity index (χ4n) is 2.34. The number of nitrogens with one attached hydrogen (secondary N) is 1. The van der Waals surface area contributed by atoms with E-state index in [2.05, 4.69) is 29.9 Å². The number of halogens is 3. The van der Waals surface area contributed by atoms with Gasteiger partial charge in [-0.1, -0.05) is 5.16 Å². The quantitative estimate of drug-likeness (QED) is 0.660. The Morgan fingerprint density at radius 2 is 1.93 bits per heavy atom. The van der Waals surface area contributed by atoms with Crippen LogP contribution in [0.5, 0.6) is 0 Å². The van der Waals surface area contributed by atoms with E-state index < -0.39 is 27.7 Å². The number of nitrogens with zero attached hydrogens (tertiary/aromatic N) is 4. The van der Waals surface area contributed by atoms with Gasteiger partial charge in [-0.15, -0.1) is 0 Å². The maximum absolute atomic E-state index is 12.6. The van der Waals surface area contributed by atoms with E-state index in [0.29, 0.717) is 11.3 Å². The summed E-state index contributed by atoms with van der Waals surface area (Å²) >= 11 is 0. The van der Waals surface area contributed by atoms with Crippen LogP contribution in [-0.4, -0.2) is 34.8 Å². The highest BCUT2D eigenvalue weighted by atomic mass is 32.2. The van der Waals surface area contributed by atoms with E-state index in [1.54, 1.807) is 13.0 Å². The summed E-state index contributed by atoms with van der Waals surface area (Å²) in [4.78, 5) is 11.3. The third kappa shape index (κ3) is 4.03. The van der Waals surface area contributed by atoms with Crippen molar-refractivity contribution in [2.45, 2.75) is 18.0 Å². The van der Waals surface area contributed by atoms with Gasteiger partial charge in [0.15, 0.2) is 9.84 Å². The number of sulfone groups is 1. The van der Waals surface area contributed by atoms with E-state index in [1.165, 1.54) is 12.1 Å². The van der Waals surface area contributed by atoms with Crippen molar-refractivity contribution >= 4 is 27.3 Å². The van der Waals surface area contributed by atoms with Gasteiger partial charge in [0.25, 0.3) is 11.7 Å². The van der Waals surface area contributed by atoms with Crippen LogP contribution in [0.4, 0.5) is 30.6 Å². The summed E-state index contributed by atoms with van der Waals surface area (Å²) in [5.74, 6) is -2.04. The molecular weight excluding hydrogens is 401 g/mol. The van der Waals surface area contributed by atoms with Crippen LogP contribution < -0.4 is 11.1 Å². The second-order valence-corrected chi connectivity index (χ2v) is 7.78. The number of nitrogens with two attached hydrogens (primary N) is 1. The Labute approximate surface area is 156 Å². The molecule has 0 aliphatic rings. The third-order valence-corrected chi connectivity index (χ3v) is 4.82. The Bertz CT molecular complexity index is 1140. The summed E-state index contributed by atoms with van der Waals surface area (Å²) in [6.07, 6.45) is -2.52. The molecule has 0 spiro atoms. The number of anilines is 3. The third-order valence-electron chi connectivity index (χ3n) is 3.56. The zero-order valence-electron chi connectivity index (χ0n) is 14.4. The number of aromatic nitrogens is 4. The molecule has 2 aromatic heterocycles. The van der Waals surface area contributed by atoms with Crippen molar-refractivity contribution in [2.24, 2.45) is 0 Å². The van der Waals surface area contributed by atoms with Crippen LogP contribution in [-0.2, 0) is 16.0 Å². The van der Waals surface area contributed by atoms with Gasteiger partial charge in [-0.25, -0.2) is 13.4 Å². The van der Waals surface area contributed by atoms with Gasteiger partial charge in [0, 0.05) is 18.1 Å². The molecule has 0 radical (unpaired) electrons. The number of alkyl halides is 3. The first-order chi connectivity index (χ1) is 12.9. The van der Waals surface area contributed by atoms with Crippen molar-refractivity contribution in [3.63, 3.8) is 0 Å². The molecule has 0 amide bonds. The molecule has 0 bridgehead atoms. The number of aryl methyl sites for hydroxylation is 1. The molecule has 0 aliphatic carbocycles. The molecular formula is C15H13F3N6O3S. The molecule has 0 fully saturated rings. The number of hydrogen-bond acceptors (Lipinski definition) is 9. The Balaban J connectivity index is 1.85. The number of nitrogen functional groups attached to an aromatic ring is 1. The summed E-state index contributed by atoms with van der Waals surface area (Å²) in [5.41, 5.74) is 6.71. The molecule has 0 unspecified atom stereocenters. The summed E-state index contributed by atoms with van der Waals surface area (Å²) in [6, 6.07) is 4.53. The topological polar surface area (TPSA) is 137 Å². The second-order valence-electron chi connectivity index (χ2n) is 5.79. The van der Waals surface area contributed by atoms with E-state index in [4.69, 9.17) is 5.73 Å². The van der Waals surface area contributed by atoms with Crippen molar-refractivity contribution in [3.05, 3.63) is 35.8 Å². The highest BCUT2D eigenvalue weighted by Gasteiger charge is 2.37. The predicted octanol–water partition coefficient (Wildman–Crippen LogP) is 2.58. The molecule has 3 aromatic rings. The molecule has 13 heteroatoms. The molecule has 0 saturated heterocycles. The Hall–Kier alpha value is -3.22. The fourth-order valence-corrected chi connectivity index (χ4v) is 3.30. The minimum Gasteiger partial charge on any atom is -0.383 e. The molecule has 2 heterocycles. The van der Waals surface area contributed by atoms with Crippen LogP contribution >= 0.6 is 0 Å². The Morgan fingerprint density at radius 3 is 2.46 bits per heavy atom. The van der Waals surface area contributed by atoms with Crippen LogP contribution in [0, 0.1) is 6.92 Å². The lowest BCUT2D eigenvalue weighted by atomic mass is 10.2. The molecule has 1 aromatic carbocycles. The van der Waals surface area contributed by atoms with Gasteiger partial charge >= 0.3 is 6.18 Å². The van der Waals surface area contributed by atoms with E-state index >= 15 is 0 Å². The van der Waals surface area contributed by atoms with Crippen molar-refractivity contribution in [1.29, 1.82) is 0 Å². The summed E-state index contributed by atoms with van der Waals surface area (Å²) in [6.45, 7) is 1.63. The average molecular weight is 414 g/mol.